The number of hydrogen-bond acceptors (Lipinski definition) is 1. The monoisotopic (exact) mass is 328 g/mol. The highest BCUT2D eigenvalue weighted by atomic mass is 19.4. The van der Waals surface area contributed by atoms with E-state index in [1.165, 1.54) is 42.8 Å². The molecule has 1 N–H and O–H groups in total. The van der Waals surface area contributed by atoms with E-state index >= 15 is 0 Å². The molecule has 126 valence electrons. The van der Waals surface area contributed by atoms with Crippen LogP contribution in [0.4, 0.5) is 18.9 Å². The Morgan fingerprint density at radius 2 is 1.87 bits per heavy atom. The molecule has 2 aliphatic rings. The van der Waals surface area contributed by atoms with Crippen LogP contribution in [0.2, 0.25) is 0 Å². The Morgan fingerprint density at radius 1 is 1.26 bits per heavy atom. The summed E-state index contributed by atoms with van der Waals surface area (Å²) < 4.78 is 34.3. The smallest absolute Gasteiger partial charge is 0.475 e. The van der Waals surface area contributed by atoms with Gasteiger partial charge in [0, 0.05) is 24.5 Å². The number of carboxylic acid groups (broad SMARTS) is 1. The standard InChI is InChI=1S/C15H20N.C2HF3O2/c1-11-15(2,3)13-9-6-8-12-7-4-5-10-16(11)14(12)13;3-2(4,5)1(6)7/h6,8-9H,4-5,7,10H2,1-3H3;(H,6,7)/q+1;. The summed E-state index contributed by atoms with van der Waals surface area (Å²) >= 11 is 0. The number of aryl methyl sites for hydroxylation is 1. The van der Waals surface area contributed by atoms with Crippen molar-refractivity contribution < 1.29 is 27.6 Å². The molecule has 0 fully saturated rings. The molecule has 0 saturated heterocycles. The van der Waals surface area contributed by atoms with Crippen molar-refractivity contribution in [2.45, 2.75) is 51.6 Å². The van der Waals surface area contributed by atoms with E-state index in [0.717, 1.165) is 0 Å². The normalized spacial score (nSPS) is 18.7. The van der Waals surface area contributed by atoms with Crippen molar-refractivity contribution in [2.24, 2.45) is 0 Å². The summed E-state index contributed by atoms with van der Waals surface area (Å²) in [5.41, 5.74) is 6.37. The molecule has 3 rings (SSSR count). The maximum Gasteiger partial charge on any atom is 0.490 e. The van der Waals surface area contributed by atoms with Gasteiger partial charge in [-0.1, -0.05) is 18.2 Å². The molecule has 0 aliphatic carbocycles. The van der Waals surface area contributed by atoms with Crippen molar-refractivity contribution >= 4 is 17.4 Å². The van der Waals surface area contributed by atoms with E-state index in [1.54, 1.807) is 5.56 Å². The number of benzene rings is 1. The Bertz CT molecular complexity index is 660. The predicted molar refractivity (Wildman–Crippen MR) is 81.6 cm³/mol. The molecule has 0 unspecified atom stereocenters. The zero-order valence-corrected chi connectivity index (χ0v) is 13.5. The van der Waals surface area contributed by atoms with Crippen molar-refractivity contribution in [3.8, 4) is 0 Å². The third-order valence-electron chi connectivity index (χ3n) is 4.69. The minimum Gasteiger partial charge on any atom is -0.475 e. The summed E-state index contributed by atoms with van der Waals surface area (Å²) in [5.74, 6) is -2.76. The summed E-state index contributed by atoms with van der Waals surface area (Å²) in [6, 6.07) is 6.86. The van der Waals surface area contributed by atoms with Crippen molar-refractivity contribution in [3.63, 3.8) is 0 Å². The number of aliphatic carboxylic acids is 1. The van der Waals surface area contributed by atoms with Crippen LogP contribution < -0.4 is 0 Å². The van der Waals surface area contributed by atoms with Gasteiger partial charge < -0.3 is 5.11 Å². The molecular weight excluding hydrogens is 307 g/mol. The number of para-hydroxylation sites is 1. The van der Waals surface area contributed by atoms with Crippen LogP contribution in [0.1, 0.15) is 44.7 Å². The Kier molecular flexibility index (Phi) is 4.55. The number of nitrogens with zero attached hydrogens (tertiary/aromatic N) is 1. The van der Waals surface area contributed by atoms with Crippen molar-refractivity contribution in [1.29, 1.82) is 0 Å². The third kappa shape index (κ3) is 3.26. The summed E-state index contributed by atoms with van der Waals surface area (Å²) in [6.07, 6.45) is -1.18. The predicted octanol–water partition coefficient (Wildman–Crippen LogP) is 4.05. The second-order valence-corrected chi connectivity index (χ2v) is 6.44. The average Bonchev–Trinajstić information content (AvgIpc) is 2.61. The van der Waals surface area contributed by atoms with Gasteiger partial charge in [0.1, 0.15) is 6.54 Å². The summed E-state index contributed by atoms with van der Waals surface area (Å²) in [6.45, 7) is 8.22. The molecule has 2 heterocycles. The summed E-state index contributed by atoms with van der Waals surface area (Å²) in [4.78, 5) is 8.90. The van der Waals surface area contributed by atoms with Crippen LogP contribution in [0.5, 0.6) is 0 Å². The zero-order chi connectivity index (χ0) is 17.4. The lowest BCUT2D eigenvalue weighted by atomic mass is 9.81. The van der Waals surface area contributed by atoms with Gasteiger partial charge in [-0.25, -0.2) is 4.79 Å². The fourth-order valence-electron chi connectivity index (χ4n) is 3.18. The minimum atomic E-state index is -5.08. The zero-order valence-electron chi connectivity index (χ0n) is 13.5. The fraction of sp³-hybridized carbons (Fsp3) is 0.529. The van der Waals surface area contributed by atoms with E-state index in [9.17, 15) is 13.2 Å². The molecule has 2 aliphatic heterocycles. The highest BCUT2D eigenvalue weighted by molar-refractivity contribution is 5.93. The molecule has 1 aromatic carbocycles. The molecule has 0 aromatic heterocycles. The first-order valence-electron chi connectivity index (χ1n) is 7.61. The van der Waals surface area contributed by atoms with Gasteiger partial charge in [-0.15, -0.1) is 0 Å². The first kappa shape index (κ1) is 17.5. The summed E-state index contributed by atoms with van der Waals surface area (Å²) in [5, 5.41) is 7.12. The molecule has 6 heteroatoms. The molecule has 0 saturated carbocycles. The minimum absolute atomic E-state index is 0.225. The van der Waals surface area contributed by atoms with Crippen LogP contribution in [0, 0.1) is 0 Å². The third-order valence-corrected chi connectivity index (χ3v) is 4.69. The van der Waals surface area contributed by atoms with Gasteiger partial charge >= 0.3 is 12.1 Å². The van der Waals surface area contributed by atoms with Crippen LogP contribution in [0.15, 0.2) is 18.2 Å². The Morgan fingerprint density at radius 3 is 2.43 bits per heavy atom. The Balaban J connectivity index is 0.000000236. The Hall–Kier alpha value is -1.85. The van der Waals surface area contributed by atoms with Crippen LogP contribution in [-0.4, -0.2) is 34.1 Å². The highest BCUT2D eigenvalue weighted by Gasteiger charge is 2.44. The highest BCUT2D eigenvalue weighted by Crippen LogP contribution is 2.42. The first-order chi connectivity index (χ1) is 10.6. The van der Waals surface area contributed by atoms with Gasteiger partial charge in [0.15, 0.2) is 5.71 Å². The van der Waals surface area contributed by atoms with E-state index in [2.05, 4.69) is 43.5 Å². The molecule has 0 atom stereocenters. The van der Waals surface area contributed by atoms with Gasteiger partial charge in [0.25, 0.3) is 0 Å². The molecule has 0 amide bonds. The first-order valence-corrected chi connectivity index (χ1v) is 7.61. The number of hydrogen-bond donors (Lipinski definition) is 1. The SMILES string of the molecule is CC1=[N+]2CCCCc3cccc(c32)C1(C)C.O=C(O)C(F)(F)F. The van der Waals surface area contributed by atoms with E-state index in [1.807, 2.05) is 0 Å². The lowest BCUT2D eigenvalue weighted by Crippen LogP contribution is -2.26. The molecule has 0 spiro atoms. The molecule has 23 heavy (non-hydrogen) atoms. The van der Waals surface area contributed by atoms with Gasteiger partial charge in [-0.2, -0.15) is 17.7 Å². The maximum absolute atomic E-state index is 10.6. The van der Waals surface area contributed by atoms with E-state index in [-0.39, 0.29) is 5.41 Å². The van der Waals surface area contributed by atoms with Crippen LogP contribution in [-0.2, 0) is 16.6 Å². The van der Waals surface area contributed by atoms with Crippen LogP contribution in [0.3, 0.4) is 0 Å². The average molecular weight is 328 g/mol. The van der Waals surface area contributed by atoms with Gasteiger partial charge in [-0.05, 0) is 26.7 Å². The van der Waals surface area contributed by atoms with Crippen molar-refractivity contribution in [1.82, 2.24) is 0 Å². The van der Waals surface area contributed by atoms with E-state index in [4.69, 9.17) is 9.90 Å². The van der Waals surface area contributed by atoms with Crippen LogP contribution in [0.25, 0.3) is 0 Å². The van der Waals surface area contributed by atoms with Gasteiger partial charge in [0.2, 0.25) is 5.69 Å². The topological polar surface area (TPSA) is 40.3 Å². The van der Waals surface area contributed by atoms with Crippen molar-refractivity contribution in [2.75, 3.05) is 6.54 Å². The van der Waals surface area contributed by atoms with E-state index in [0.29, 0.717) is 0 Å². The van der Waals surface area contributed by atoms with E-state index < -0.39 is 12.1 Å². The molecule has 0 bridgehead atoms. The number of carboxylic acids is 1. The number of carbonyl (C=O) groups is 1. The molecule has 1 aromatic rings. The van der Waals surface area contributed by atoms with Gasteiger partial charge in [-0.3, -0.25) is 0 Å². The second kappa shape index (κ2) is 5.98. The quantitative estimate of drug-likeness (QED) is 0.730. The van der Waals surface area contributed by atoms with Crippen molar-refractivity contribution in [3.05, 3.63) is 29.3 Å². The van der Waals surface area contributed by atoms with Gasteiger partial charge in [0.05, 0.1) is 5.41 Å². The molecule has 0 radical (unpaired) electrons. The largest absolute Gasteiger partial charge is 0.490 e. The Labute approximate surface area is 133 Å². The maximum atomic E-state index is 10.6. The number of rotatable bonds is 0. The summed E-state index contributed by atoms with van der Waals surface area (Å²) in [7, 11) is 0. The lowest BCUT2D eigenvalue weighted by Gasteiger charge is -2.15. The lowest BCUT2D eigenvalue weighted by molar-refractivity contribution is -0.438. The molecule has 3 nitrogen and oxygen atoms in total. The molecular formula is C17H21F3NO2+. The number of halogens is 3. The second-order valence-electron chi connectivity index (χ2n) is 6.44. The fourth-order valence-corrected chi connectivity index (χ4v) is 3.18. The number of alkyl halides is 3. The van der Waals surface area contributed by atoms with Crippen LogP contribution >= 0.6 is 0 Å².